The van der Waals surface area contributed by atoms with Crippen LogP contribution < -0.4 is 0 Å². The van der Waals surface area contributed by atoms with Gasteiger partial charge in [0.15, 0.2) is 0 Å². The van der Waals surface area contributed by atoms with Crippen molar-refractivity contribution in [1.82, 2.24) is 0 Å². The van der Waals surface area contributed by atoms with E-state index in [4.69, 9.17) is 4.74 Å². The van der Waals surface area contributed by atoms with Crippen molar-refractivity contribution in [2.24, 2.45) is 0 Å². The van der Waals surface area contributed by atoms with Crippen LogP contribution in [0.2, 0.25) is 0 Å². The number of rotatable bonds is 4. The normalized spacial score (nSPS) is 27.0. The first-order valence-electron chi connectivity index (χ1n) is 8.59. The van der Waals surface area contributed by atoms with Gasteiger partial charge in [0.05, 0.1) is 12.2 Å². The van der Waals surface area contributed by atoms with E-state index in [0.29, 0.717) is 0 Å². The van der Waals surface area contributed by atoms with Crippen LogP contribution in [0.1, 0.15) is 27.6 Å². The number of benzene rings is 2. The molecule has 2 aromatic carbocycles. The Labute approximate surface area is 164 Å². The molecule has 0 aromatic heterocycles. The standard InChI is InChI=1S/C19H20O10/c20-6-11-15(25)17(27)18(28)19(29-11)13-10(23)5-9(22)12(16(13)26)14(24)7-1-3-8(21)4-2-7/h1-5,11,15,17-23,25-28H,6H2/t11?,15?,17-,18?,19?/m0/s1. The van der Waals surface area contributed by atoms with Crippen molar-refractivity contribution in [2.45, 2.75) is 30.5 Å². The molecule has 1 saturated heterocycles. The molecule has 1 aliphatic heterocycles. The van der Waals surface area contributed by atoms with Gasteiger partial charge in [-0.05, 0) is 24.3 Å². The van der Waals surface area contributed by atoms with E-state index in [-0.39, 0.29) is 11.3 Å². The van der Waals surface area contributed by atoms with Gasteiger partial charge in [-0.2, -0.15) is 0 Å². The summed E-state index contributed by atoms with van der Waals surface area (Å²) in [6.07, 6.45) is -8.22. The Morgan fingerprint density at radius 1 is 0.897 bits per heavy atom. The molecule has 1 fully saturated rings. The lowest BCUT2D eigenvalue weighted by atomic mass is 9.88. The predicted octanol–water partition coefficient (Wildman–Crippen LogP) is -0.745. The smallest absolute Gasteiger partial charge is 0.200 e. The zero-order chi connectivity index (χ0) is 21.5. The van der Waals surface area contributed by atoms with Gasteiger partial charge in [0.2, 0.25) is 5.78 Å². The molecule has 0 spiro atoms. The van der Waals surface area contributed by atoms with Crippen LogP contribution in [0.15, 0.2) is 30.3 Å². The van der Waals surface area contributed by atoms with Gasteiger partial charge in [0, 0.05) is 11.6 Å². The number of phenolic OH excluding ortho intramolecular Hbond substituents is 4. The van der Waals surface area contributed by atoms with Crippen LogP contribution in [-0.2, 0) is 4.74 Å². The molecule has 0 saturated carbocycles. The van der Waals surface area contributed by atoms with Crippen molar-refractivity contribution in [3.05, 3.63) is 47.0 Å². The zero-order valence-electron chi connectivity index (χ0n) is 14.9. The number of phenols is 4. The molecule has 29 heavy (non-hydrogen) atoms. The lowest BCUT2D eigenvalue weighted by Gasteiger charge is -2.40. The van der Waals surface area contributed by atoms with Crippen LogP contribution >= 0.6 is 0 Å². The monoisotopic (exact) mass is 408 g/mol. The van der Waals surface area contributed by atoms with E-state index in [0.717, 1.165) is 6.07 Å². The predicted molar refractivity (Wildman–Crippen MR) is 95.7 cm³/mol. The van der Waals surface area contributed by atoms with E-state index in [1.165, 1.54) is 24.3 Å². The summed E-state index contributed by atoms with van der Waals surface area (Å²) in [4.78, 5) is 12.7. The van der Waals surface area contributed by atoms with Crippen LogP contribution in [0.25, 0.3) is 0 Å². The molecule has 1 aliphatic rings. The number of carbonyl (C=O) groups excluding carboxylic acids is 1. The van der Waals surface area contributed by atoms with Gasteiger partial charge in [0.1, 0.15) is 59.1 Å². The maximum absolute atomic E-state index is 12.7. The highest BCUT2D eigenvalue weighted by atomic mass is 16.5. The molecule has 10 heteroatoms. The number of carbonyl (C=O) groups is 1. The van der Waals surface area contributed by atoms with E-state index >= 15 is 0 Å². The van der Waals surface area contributed by atoms with Gasteiger partial charge in [-0.3, -0.25) is 4.79 Å². The van der Waals surface area contributed by atoms with Gasteiger partial charge in [-0.25, -0.2) is 0 Å². The Hall–Kier alpha value is -2.89. The lowest BCUT2D eigenvalue weighted by molar-refractivity contribution is -0.232. The number of hydrogen-bond donors (Lipinski definition) is 8. The Kier molecular flexibility index (Phi) is 5.64. The van der Waals surface area contributed by atoms with Gasteiger partial charge in [-0.1, -0.05) is 0 Å². The first-order chi connectivity index (χ1) is 13.7. The molecule has 5 atom stereocenters. The summed E-state index contributed by atoms with van der Waals surface area (Å²) in [6.45, 7) is -0.736. The van der Waals surface area contributed by atoms with Gasteiger partial charge < -0.3 is 45.6 Å². The fraction of sp³-hybridized carbons (Fsp3) is 0.316. The average molecular weight is 408 g/mol. The summed E-state index contributed by atoms with van der Waals surface area (Å²) < 4.78 is 5.32. The summed E-state index contributed by atoms with van der Waals surface area (Å²) in [5.41, 5.74) is -1.12. The van der Waals surface area contributed by atoms with Crippen molar-refractivity contribution in [3.8, 4) is 23.0 Å². The quantitative estimate of drug-likeness (QED) is 0.299. The second-order valence-electron chi connectivity index (χ2n) is 6.68. The Morgan fingerprint density at radius 2 is 1.52 bits per heavy atom. The Balaban J connectivity index is 2.10. The second-order valence-corrected chi connectivity index (χ2v) is 6.68. The molecule has 156 valence electrons. The molecule has 10 nitrogen and oxygen atoms in total. The third-order valence-corrected chi connectivity index (χ3v) is 4.83. The maximum Gasteiger partial charge on any atom is 0.200 e. The minimum Gasteiger partial charge on any atom is -0.508 e. The third-order valence-electron chi connectivity index (χ3n) is 4.83. The number of aliphatic hydroxyl groups is 4. The van der Waals surface area contributed by atoms with Crippen LogP contribution in [0.5, 0.6) is 23.0 Å². The number of ether oxygens (including phenoxy) is 1. The Bertz CT molecular complexity index is 908. The molecule has 4 unspecified atom stereocenters. The summed E-state index contributed by atoms with van der Waals surface area (Å²) in [5.74, 6) is -3.38. The van der Waals surface area contributed by atoms with E-state index in [1.54, 1.807) is 0 Å². The van der Waals surface area contributed by atoms with Crippen molar-refractivity contribution in [3.63, 3.8) is 0 Å². The van der Waals surface area contributed by atoms with E-state index in [9.17, 15) is 45.6 Å². The molecular formula is C19H20O10. The van der Waals surface area contributed by atoms with Gasteiger partial charge in [-0.15, -0.1) is 0 Å². The molecule has 3 rings (SSSR count). The number of aromatic hydroxyl groups is 4. The van der Waals surface area contributed by atoms with Crippen LogP contribution in [-0.4, -0.2) is 77.7 Å². The van der Waals surface area contributed by atoms with Crippen LogP contribution in [0, 0.1) is 0 Å². The van der Waals surface area contributed by atoms with Crippen molar-refractivity contribution in [2.75, 3.05) is 6.61 Å². The first kappa shape index (κ1) is 20.8. The minimum absolute atomic E-state index is 0.00107. The van der Waals surface area contributed by atoms with Crippen molar-refractivity contribution >= 4 is 5.78 Å². The maximum atomic E-state index is 12.7. The summed E-state index contributed by atoms with van der Waals surface area (Å²) in [6, 6.07) is 5.69. The second kappa shape index (κ2) is 7.85. The number of ketones is 1. The van der Waals surface area contributed by atoms with Crippen molar-refractivity contribution < 1.29 is 50.4 Å². The van der Waals surface area contributed by atoms with E-state index in [2.05, 4.69) is 0 Å². The summed E-state index contributed by atoms with van der Waals surface area (Å²) >= 11 is 0. The van der Waals surface area contributed by atoms with Crippen LogP contribution in [0.4, 0.5) is 0 Å². The zero-order valence-corrected chi connectivity index (χ0v) is 14.9. The Morgan fingerprint density at radius 3 is 2.10 bits per heavy atom. The van der Waals surface area contributed by atoms with Crippen LogP contribution in [0.3, 0.4) is 0 Å². The van der Waals surface area contributed by atoms with E-state index in [1.807, 2.05) is 0 Å². The molecule has 0 amide bonds. The fourth-order valence-corrected chi connectivity index (χ4v) is 3.26. The fourth-order valence-electron chi connectivity index (χ4n) is 3.26. The molecule has 0 radical (unpaired) electrons. The molecule has 8 N–H and O–H groups in total. The summed E-state index contributed by atoms with van der Waals surface area (Å²) in [5, 5.41) is 79.7. The summed E-state index contributed by atoms with van der Waals surface area (Å²) in [7, 11) is 0. The topological polar surface area (TPSA) is 188 Å². The largest absolute Gasteiger partial charge is 0.508 e. The van der Waals surface area contributed by atoms with Gasteiger partial charge in [0.25, 0.3) is 0 Å². The molecule has 0 aliphatic carbocycles. The minimum atomic E-state index is -1.83. The number of aliphatic hydroxyl groups excluding tert-OH is 4. The lowest BCUT2D eigenvalue weighted by Crippen LogP contribution is -2.55. The number of hydrogen-bond acceptors (Lipinski definition) is 10. The molecule has 1 heterocycles. The van der Waals surface area contributed by atoms with Gasteiger partial charge >= 0.3 is 0 Å². The highest BCUT2D eigenvalue weighted by molar-refractivity contribution is 6.12. The molecular weight excluding hydrogens is 388 g/mol. The molecule has 2 aromatic rings. The first-order valence-corrected chi connectivity index (χ1v) is 8.59. The highest BCUT2D eigenvalue weighted by Crippen LogP contribution is 2.46. The van der Waals surface area contributed by atoms with E-state index < -0.39 is 71.3 Å². The SMILES string of the molecule is O=C(c1ccc(O)cc1)c1c(O)cc(O)c(C2OC(CO)C(O)[C@H](O)C2O)c1O. The third kappa shape index (κ3) is 3.59. The average Bonchev–Trinajstić information content (AvgIpc) is 2.68. The van der Waals surface area contributed by atoms with Crippen molar-refractivity contribution in [1.29, 1.82) is 0 Å². The molecule has 0 bridgehead atoms. The highest BCUT2D eigenvalue weighted by Gasteiger charge is 2.46.